The minimum Gasteiger partial charge on any atom is -0.357 e. The Labute approximate surface area is 94.4 Å². The van der Waals surface area contributed by atoms with Crippen molar-refractivity contribution in [2.45, 2.75) is 19.3 Å². The lowest BCUT2D eigenvalue weighted by molar-refractivity contribution is 0.736. The van der Waals surface area contributed by atoms with Gasteiger partial charge in [0.25, 0.3) is 0 Å². The zero-order chi connectivity index (χ0) is 10.7. The number of benzene rings is 1. The van der Waals surface area contributed by atoms with Crippen molar-refractivity contribution in [2.24, 2.45) is 5.73 Å². The van der Waals surface area contributed by atoms with Crippen molar-refractivity contribution in [2.75, 3.05) is 6.54 Å². The Bertz CT molecular complexity index is 448. The molecular weight excluding hydrogens is 208 g/mol. The Morgan fingerprint density at radius 1 is 1.27 bits per heavy atom. The van der Waals surface area contributed by atoms with Crippen molar-refractivity contribution in [3.8, 4) is 0 Å². The quantitative estimate of drug-likeness (QED) is 0.767. The summed E-state index contributed by atoms with van der Waals surface area (Å²) in [6, 6.07) is 8.12. The van der Waals surface area contributed by atoms with Crippen LogP contribution in [0.4, 0.5) is 0 Å². The fraction of sp³-hybridized carbons (Fsp3) is 0.333. The lowest BCUT2D eigenvalue weighted by Crippen LogP contribution is -1.98. The van der Waals surface area contributed by atoms with Crippen molar-refractivity contribution >= 4 is 22.5 Å². The average Bonchev–Trinajstić information content (AvgIpc) is 2.63. The molecule has 1 aromatic heterocycles. The summed E-state index contributed by atoms with van der Waals surface area (Å²) in [5, 5.41) is 1.97. The molecule has 0 unspecified atom stereocenters. The van der Waals surface area contributed by atoms with Crippen LogP contribution >= 0.6 is 11.6 Å². The Hall–Kier alpha value is -0.990. The zero-order valence-electron chi connectivity index (χ0n) is 8.59. The molecule has 3 heteroatoms. The predicted molar refractivity (Wildman–Crippen MR) is 65.3 cm³/mol. The molecule has 0 atom stereocenters. The molecule has 2 aromatic rings. The predicted octanol–water partition coefficient (Wildman–Crippen LogP) is 3.10. The van der Waals surface area contributed by atoms with Gasteiger partial charge in [-0.25, -0.2) is 0 Å². The molecule has 3 N–H and O–H groups in total. The molecule has 2 rings (SSSR count). The topological polar surface area (TPSA) is 41.8 Å². The van der Waals surface area contributed by atoms with Crippen LogP contribution in [0.3, 0.4) is 0 Å². The van der Waals surface area contributed by atoms with Gasteiger partial charge in [-0.15, -0.1) is 0 Å². The van der Waals surface area contributed by atoms with Gasteiger partial charge in [0.1, 0.15) is 0 Å². The van der Waals surface area contributed by atoms with Gasteiger partial charge in [-0.1, -0.05) is 23.7 Å². The van der Waals surface area contributed by atoms with E-state index in [1.54, 1.807) is 0 Å². The Balaban J connectivity index is 2.20. The van der Waals surface area contributed by atoms with Gasteiger partial charge in [-0.2, -0.15) is 0 Å². The number of unbranched alkanes of at least 4 members (excludes halogenated alkanes) is 1. The van der Waals surface area contributed by atoms with Crippen LogP contribution in [0.1, 0.15) is 18.5 Å². The second-order valence-corrected chi connectivity index (χ2v) is 4.15. The van der Waals surface area contributed by atoms with Gasteiger partial charge in [-0.3, -0.25) is 0 Å². The first-order valence-electron chi connectivity index (χ1n) is 5.27. The number of aromatic amines is 1. The van der Waals surface area contributed by atoms with Crippen molar-refractivity contribution in [3.05, 3.63) is 35.0 Å². The van der Waals surface area contributed by atoms with E-state index < -0.39 is 0 Å². The fourth-order valence-corrected chi connectivity index (χ4v) is 2.00. The van der Waals surface area contributed by atoms with Gasteiger partial charge in [0.15, 0.2) is 0 Å². The van der Waals surface area contributed by atoms with Crippen LogP contribution in [0.15, 0.2) is 24.3 Å². The van der Waals surface area contributed by atoms with Crippen LogP contribution in [0.25, 0.3) is 10.9 Å². The number of para-hydroxylation sites is 1. The van der Waals surface area contributed by atoms with Crippen molar-refractivity contribution < 1.29 is 0 Å². The van der Waals surface area contributed by atoms with E-state index in [4.69, 9.17) is 17.3 Å². The molecule has 0 aliphatic carbocycles. The third-order valence-corrected chi connectivity index (χ3v) is 2.88. The van der Waals surface area contributed by atoms with Crippen molar-refractivity contribution in [1.29, 1.82) is 0 Å². The van der Waals surface area contributed by atoms with Gasteiger partial charge in [0, 0.05) is 11.1 Å². The number of hydrogen-bond acceptors (Lipinski definition) is 1. The summed E-state index contributed by atoms with van der Waals surface area (Å²) in [6.07, 6.45) is 3.24. The van der Waals surface area contributed by atoms with E-state index >= 15 is 0 Å². The molecule has 0 fully saturated rings. The molecule has 0 saturated carbocycles. The van der Waals surface area contributed by atoms with Crippen LogP contribution < -0.4 is 5.73 Å². The van der Waals surface area contributed by atoms with E-state index in [1.807, 2.05) is 12.1 Å². The number of hydrogen-bond donors (Lipinski definition) is 2. The lowest BCUT2D eigenvalue weighted by Gasteiger charge is -1.95. The van der Waals surface area contributed by atoms with E-state index in [0.717, 1.165) is 36.3 Å². The Morgan fingerprint density at radius 3 is 2.87 bits per heavy atom. The van der Waals surface area contributed by atoms with Crippen molar-refractivity contribution in [3.63, 3.8) is 0 Å². The summed E-state index contributed by atoms with van der Waals surface area (Å²) in [4.78, 5) is 3.35. The van der Waals surface area contributed by atoms with Crippen LogP contribution in [0, 0.1) is 0 Å². The minimum absolute atomic E-state index is 0.765. The molecular formula is C12H15ClN2. The number of H-pyrrole nitrogens is 1. The molecule has 1 aromatic carbocycles. The van der Waals surface area contributed by atoms with E-state index in [0.29, 0.717) is 0 Å². The van der Waals surface area contributed by atoms with E-state index in [2.05, 4.69) is 17.1 Å². The summed E-state index contributed by atoms with van der Waals surface area (Å²) in [6.45, 7) is 0.765. The highest BCUT2D eigenvalue weighted by Crippen LogP contribution is 2.23. The first kappa shape index (κ1) is 10.5. The fourth-order valence-electron chi connectivity index (χ4n) is 1.77. The maximum atomic E-state index is 6.08. The van der Waals surface area contributed by atoms with Crippen molar-refractivity contribution in [1.82, 2.24) is 4.98 Å². The number of nitrogens with one attached hydrogen (secondary N) is 1. The highest BCUT2D eigenvalue weighted by molar-refractivity contribution is 6.35. The largest absolute Gasteiger partial charge is 0.357 e. The molecule has 0 aliphatic heterocycles. The summed E-state index contributed by atoms with van der Waals surface area (Å²) in [7, 11) is 0. The molecule has 0 amide bonds. The van der Waals surface area contributed by atoms with Gasteiger partial charge < -0.3 is 10.7 Å². The molecule has 80 valence electrons. The van der Waals surface area contributed by atoms with E-state index in [-0.39, 0.29) is 0 Å². The Morgan fingerprint density at radius 2 is 2.13 bits per heavy atom. The second kappa shape index (κ2) is 4.69. The summed E-state index contributed by atoms with van der Waals surface area (Å²) in [5.41, 5.74) is 7.75. The number of aryl methyl sites for hydroxylation is 1. The normalized spacial score (nSPS) is 11.1. The molecule has 0 aliphatic rings. The van der Waals surface area contributed by atoms with Crippen LogP contribution in [0.2, 0.25) is 5.02 Å². The minimum atomic E-state index is 0.765. The number of halogens is 1. The van der Waals surface area contributed by atoms with Gasteiger partial charge in [-0.05, 0) is 37.9 Å². The van der Waals surface area contributed by atoms with E-state index in [9.17, 15) is 0 Å². The molecule has 0 spiro atoms. The average molecular weight is 223 g/mol. The molecule has 1 heterocycles. The number of aromatic nitrogens is 1. The molecule has 2 nitrogen and oxygen atoms in total. The molecule has 15 heavy (non-hydrogen) atoms. The number of rotatable bonds is 4. The third-order valence-electron chi connectivity index (χ3n) is 2.56. The summed E-state index contributed by atoms with van der Waals surface area (Å²) < 4.78 is 0. The number of fused-ring (bicyclic) bond motifs is 1. The SMILES string of the molecule is NCCCCc1cc2cccc(Cl)c2[nH]1. The molecule has 0 bridgehead atoms. The number of nitrogens with two attached hydrogens (primary N) is 1. The van der Waals surface area contributed by atoms with Crippen LogP contribution in [-0.2, 0) is 6.42 Å². The first-order valence-corrected chi connectivity index (χ1v) is 5.65. The standard InChI is InChI=1S/C12H15ClN2/c13-11-6-3-4-9-8-10(15-12(9)11)5-1-2-7-14/h3-4,6,8,15H,1-2,5,7,14H2. The van der Waals surface area contributed by atoms with Gasteiger partial charge in [0.2, 0.25) is 0 Å². The lowest BCUT2D eigenvalue weighted by atomic mass is 10.2. The monoisotopic (exact) mass is 222 g/mol. The summed E-state index contributed by atoms with van der Waals surface area (Å²) >= 11 is 6.08. The first-order chi connectivity index (χ1) is 7.31. The van der Waals surface area contributed by atoms with E-state index in [1.165, 1.54) is 11.1 Å². The molecule has 0 radical (unpaired) electrons. The zero-order valence-corrected chi connectivity index (χ0v) is 9.35. The highest BCUT2D eigenvalue weighted by atomic mass is 35.5. The highest BCUT2D eigenvalue weighted by Gasteiger charge is 2.03. The Kier molecular flexibility index (Phi) is 3.29. The smallest absolute Gasteiger partial charge is 0.0647 e. The summed E-state index contributed by atoms with van der Waals surface area (Å²) in [5.74, 6) is 0. The third kappa shape index (κ3) is 2.33. The molecule has 0 saturated heterocycles. The maximum absolute atomic E-state index is 6.08. The van der Waals surface area contributed by atoms with Crippen LogP contribution in [0.5, 0.6) is 0 Å². The van der Waals surface area contributed by atoms with Crippen LogP contribution in [-0.4, -0.2) is 11.5 Å². The van der Waals surface area contributed by atoms with Gasteiger partial charge in [0.05, 0.1) is 10.5 Å². The van der Waals surface area contributed by atoms with Gasteiger partial charge >= 0.3 is 0 Å². The maximum Gasteiger partial charge on any atom is 0.0647 e. The second-order valence-electron chi connectivity index (χ2n) is 3.74.